The number of aryl methyl sites for hydroxylation is 1. The quantitative estimate of drug-likeness (QED) is 0.671. The van der Waals surface area contributed by atoms with Crippen LogP contribution in [0.2, 0.25) is 0 Å². The van der Waals surface area contributed by atoms with E-state index < -0.39 is 0 Å². The van der Waals surface area contributed by atoms with Crippen LogP contribution in [0.1, 0.15) is 74.0 Å². The lowest BCUT2D eigenvalue weighted by molar-refractivity contribution is 0.0651. The minimum Gasteiger partial charge on any atom is -0.393 e. The van der Waals surface area contributed by atoms with Gasteiger partial charge in [0.1, 0.15) is 6.04 Å². The SMILES string of the molecule is Cc1ccc2[nH]c(=O)c([C@@H](c3nnnn3C3CCCCC3)N3CCC(O)CC3)cc2c1. The summed E-state index contributed by atoms with van der Waals surface area (Å²) in [4.78, 5) is 18.6. The molecule has 1 aliphatic heterocycles. The molecule has 2 N–H and O–H groups in total. The lowest BCUT2D eigenvalue weighted by Crippen LogP contribution is -2.42. The average molecular weight is 423 g/mol. The second-order valence-electron chi connectivity index (χ2n) is 9.09. The van der Waals surface area contributed by atoms with Gasteiger partial charge in [-0.15, -0.1) is 5.10 Å². The van der Waals surface area contributed by atoms with Gasteiger partial charge in [0.15, 0.2) is 5.82 Å². The summed E-state index contributed by atoms with van der Waals surface area (Å²) in [7, 11) is 0. The topological polar surface area (TPSA) is 99.9 Å². The summed E-state index contributed by atoms with van der Waals surface area (Å²) >= 11 is 0. The van der Waals surface area contributed by atoms with Crippen LogP contribution >= 0.6 is 0 Å². The highest BCUT2D eigenvalue weighted by Gasteiger charge is 2.34. The predicted molar refractivity (Wildman–Crippen MR) is 118 cm³/mol. The van der Waals surface area contributed by atoms with E-state index >= 15 is 0 Å². The summed E-state index contributed by atoms with van der Waals surface area (Å²) in [6.45, 7) is 3.46. The number of nitrogens with zero attached hydrogens (tertiary/aromatic N) is 5. The van der Waals surface area contributed by atoms with Crippen molar-refractivity contribution in [1.82, 2.24) is 30.1 Å². The molecule has 1 atom stereocenters. The average Bonchev–Trinajstić information content (AvgIpc) is 3.26. The number of rotatable bonds is 4. The lowest BCUT2D eigenvalue weighted by Gasteiger charge is -2.36. The van der Waals surface area contributed by atoms with Crippen LogP contribution in [0.25, 0.3) is 10.9 Å². The summed E-state index contributed by atoms with van der Waals surface area (Å²) in [6.07, 6.45) is 6.83. The van der Waals surface area contributed by atoms with Crippen LogP contribution in [0, 0.1) is 6.92 Å². The van der Waals surface area contributed by atoms with E-state index in [2.05, 4.69) is 38.4 Å². The highest BCUT2D eigenvalue weighted by molar-refractivity contribution is 5.79. The summed E-state index contributed by atoms with van der Waals surface area (Å²) in [5.74, 6) is 0.737. The molecule has 0 radical (unpaired) electrons. The van der Waals surface area contributed by atoms with E-state index in [1.54, 1.807) is 0 Å². The van der Waals surface area contributed by atoms with Crippen molar-refractivity contribution < 1.29 is 5.11 Å². The highest BCUT2D eigenvalue weighted by Crippen LogP contribution is 2.34. The fraction of sp³-hybridized carbons (Fsp3) is 0.565. The molecule has 2 aromatic heterocycles. The van der Waals surface area contributed by atoms with Gasteiger partial charge in [0, 0.05) is 24.2 Å². The molecular weight excluding hydrogens is 392 g/mol. The number of nitrogens with one attached hydrogen (secondary N) is 1. The third-order valence-corrected chi connectivity index (χ3v) is 6.87. The van der Waals surface area contributed by atoms with Crippen LogP contribution < -0.4 is 5.56 Å². The van der Waals surface area contributed by atoms with Crippen LogP contribution in [-0.2, 0) is 0 Å². The smallest absolute Gasteiger partial charge is 0.253 e. The number of aromatic amines is 1. The molecule has 1 saturated carbocycles. The second kappa shape index (κ2) is 8.51. The molecule has 2 aliphatic rings. The molecule has 8 nitrogen and oxygen atoms in total. The Hall–Kier alpha value is -2.58. The Morgan fingerprint density at radius 3 is 2.65 bits per heavy atom. The van der Waals surface area contributed by atoms with Crippen molar-refractivity contribution >= 4 is 10.9 Å². The summed E-state index contributed by atoms with van der Waals surface area (Å²) in [5.41, 5.74) is 2.54. The van der Waals surface area contributed by atoms with Gasteiger partial charge >= 0.3 is 0 Å². The number of fused-ring (bicyclic) bond motifs is 1. The number of piperidine rings is 1. The van der Waals surface area contributed by atoms with Gasteiger partial charge in [0.05, 0.1) is 12.1 Å². The molecule has 3 aromatic rings. The Labute approximate surface area is 181 Å². The fourth-order valence-electron chi connectivity index (χ4n) is 5.16. The predicted octanol–water partition coefficient (Wildman–Crippen LogP) is 2.87. The van der Waals surface area contributed by atoms with E-state index in [1.165, 1.54) is 19.3 Å². The molecule has 1 saturated heterocycles. The van der Waals surface area contributed by atoms with Crippen molar-refractivity contribution in [3.63, 3.8) is 0 Å². The first-order chi connectivity index (χ1) is 15.1. The molecule has 5 rings (SSSR count). The zero-order valence-corrected chi connectivity index (χ0v) is 18.0. The number of likely N-dealkylation sites (tertiary alicyclic amines) is 1. The van der Waals surface area contributed by atoms with Gasteiger partial charge in [-0.2, -0.15) is 0 Å². The number of aliphatic hydroxyl groups is 1. The molecule has 8 heteroatoms. The van der Waals surface area contributed by atoms with Crippen molar-refractivity contribution in [2.75, 3.05) is 13.1 Å². The number of aromatic nitrogens is 5. The summed E-state index contributed by atoms with van der Waals surface area (Å²) in [5, 5.41) is 23.9. The maximum atomic E-state index is 13.2. The van der Waals surface area contributed by atoms with Crippen LogP contribution in [-0.4, -0.2) is 54.4 Å². The van der Waals surface area contributed by atoms with E-state index in [4.69, 9.17) is 0 Å². The Balaban J connectivity index is 1.62. The number of benzene rings is 1. The largest absolute Gasteiger partial charge is 0.393 e. The number of tetrazole rings is 1. The number of hydrogen-bond acceptors (Lipinski definition) is 6. The monoisotopic (exact) mass is 422 g/mol. The van der Waals surface area contributed by atoms with E-state index in [9.17, 15) is 9.90 Å². The van der Waals surface area contributed by atoms with Crippen molar-refractivity contribution in [3.05, 3.63) is 51.6 Å². The third-order valence-electron chi connectivity index (χ3n) is 6.87. The van der Waals surface area contributed by atoms with Gasteiger partial charge in [0.2, 0.25) is 0 Å². The Kier molecular flexibility index (Phi) is 5.58. The first-order valence-electron chi connectivity index (χ1n) is 11.4. The third kappa shape index (κ3) is 4.02. The molecule has 2 fully saturated rings. The molecule has 1 aliphatic carbocycles. The van der Waals surface area contributed by atoms with Crippen LogP contribution in [0.4, 0.5) is 0 Å². The zero-order valence-electron chi connectivity index (χ0n) is 18.0. The number of aliphatic hydroxyl groups excluding tert-OH is 1. The maximum absolute atomic E-state index is 13.2. The summed E-state index contributed by atoms with van der Waals surface area (Å²) in [6, 6.07) is 7.99. The van der Waals surface area contributed by atoms with Crippen LogP contribution in [0.5, 0.6) is 0 Å². The van der Waals surface area contributed by atoms with Crippen molar-refractivity contribution in [3.8, 4) is 0 Å². The van der Waals surface area contributed by atoms with Gasteiger partial charge in [-0.05, 0) is 66.6 Å². The summed E-state index contributed by atoms with van der Waals surface area (Å²) < 4.78 is 1.97. The Morgan fingerprint density at radius 2 is 1.87 bits per heavy atom. The van der Waals surface area contributed by atoms with E-state index in [1.807, 2.05) is 22.9 Å². The molecule has 1 aromatic carbocycles. The number of hydrogen-bond donors (Lipinski definition) is 2. The first kappa shape index (κ1) is 20.3. The zero-order chi connectivity index (χ0) is 21.4. The van der Waals surface area contributed by atoms with Gasteiger partial charge in [-0.25, -0.2) is 4.68 Å². The molecule has 31 heavy (non-hydrogen) atoms. The van der Waals surface area contributed by atoms with Crippen LogP contribution in [0.3, 0.4) is 0 Å². The molecule has 164 valence electrons. The fourth-order valence-corrected chi connectivity index (χ4v) is 5.16. The Bertz CT molecular complexity index is 1110. The molecule has 3 heterocycles. The molecule has 0 spiro atoms. The lowest BCUT2D eigenvalue weighted by atomic mass is 9.94. The van der Waals surface area contributed by atoms with Gasteiger partial charge < -0.3 is 10.1 Å². The molecule has 0 unspecified atom stereocenters. The second-order valence-corrected chi connectivity index (χ2v) is 9.09. The van der Waals surface area contributed by atoms with Crippen molar-refractivity contribution in [1.29, 1.82) is 0 Å². The van der Waals surface area contributed by atoms with E-state index in [0.717, 1.165) is 35.1 Å². The number of pyridine rings is 1. The normalized spacial score (nSPS) is 20.3. The molecule has 0 amide bonds. The Morgan fingerprint density at radius 1 is 1.10 bits per heavy atom. The van der Waals surface area contributed by atoms with Crippen molar-refractivity contribution in [2.45, 2.75) is 70.1 Å². The van der Waals surface area contributed by atoms with E-state index in [0.29, 0.717) is 31.5 Å². The number of H-pyrrole nitrogens is 1. The highest BCUT2D eigenvalue weighted by atomic mass is 16.3. The first-order valence-corrected chi connectivity index (χ1v) is 11.4. The minimum absolute atomic E-state index is 0.106. The maximum Gasteiger partial charge on any atom is 0.253 e. The van der Waals surface area contributed by atoms with Gasteiger partial charge in [0.25, 0.3) is 5.56 Å². The van der Waals surface area contributed by atoms with Gasteiger partial charge in [-0.3, -0.25) is 9.69 Å². The van der Waals surface area contributed by atoms with Gasteiger partial charge in [-0.1, -0.05) is 30.9 Å². The van der Waals surface area contributed by atoms with E-state index in [-0.39, 0.29) is 23.7 Å². The standard InChI is InChI=1S/C23H30N6O2/c1-15-7-8-20-16(13-15)14-19(23(31)24-20)21(28-11-9-18(30)10-12-28)22-25-26-27-29(22)17-5-3-2-4-6-17/h7-8,13-14,17-18,21,30H,2-6,9-12H2,1H3,(H,24,31)/t21-/m0/s1. The molecular formula is C23H30N6O2. The van der Waals surface area contributed by atoms with Crippen molar-refractivity contribution in [2.24, 2.45) is 0 Å². The van der Waals surface area contributed by atoms with Crippen LogP contribution in [0.15, 0.2) is 29.1 Å². The minimum atomic E-state index is -0.335. The molecule has 0 bridgehead atoms.